The molecule has 0 spiro atoms. The van der Waals surface area contributed by atoms with Gasteiger partial charge in [-0.1, -0.05) is 49.9 Å². The maximum Gasteiger partial charge on any atom is 0.255 e. The summed E-state index contributed by atoms with van der Waals surface area (Å²) >= 11 is 0. The van der Waals surface area contributed by atoms with Crippen LogP contribution in [-0.4, -0.2) is 59.6 Å². The number of carbonyl (C=O) groups excluding carboxylic acids is 4. The van der Waals surface area contributed by atoms with Crippen molar-refractivity contribution in [1.29, 1.82) is 0 Å². The Morgan fingerprint density at radius 3 is 1.14 bits per heavy atom. The Morgan fingerprint density at radius 1 is 0.452 bits per heavy atom. The molecule has 2 saturated heterocycles. The number of hydrogen-bond donors (Lipinski definition) is 2. The van der Waals surface area contributed by atoms with Crippen LogP contribution in [0.1, 0.15) is 92.8 Å². The van der Waals surface area contributed by atoms with E-state index in [9.17, 15) is 19.2 Å². The second-order valence-corrected chi connectivity index (χ2v) is 11.0. The Morgan fingerprint density at radius 2 is 0.786 bits per heavy atom. The molecule has 0 aromatic heterocycles. The summed E-state index contributed by atoms with van der Waals surface area (Å²) in [5.74, 6) is -0.887. The fourth-order valence-electron chi connectivity index (χ4n) is 5.61. The van der Waals surface area contributed by atoms with Crippen LogP contribution in [0.25, 0.3) is 0 Å². The van der Waals surface area contributed by atoms with Gasteiger partial charge in [-0.25, -0.2) is 0 Å². The molecule has 0 aliphatic carbocycles. The van der Waals surface area contributed by atoms with E-state index in [1.807, 2.05) is 9.80 Å². The number of nitrogens with zero attached hydrogens (tertiary/aromatic N) is 2. The maximum atomic E-state index is 13.2. The topological polar surface area (TPSA) is 98.8 Å². The summed E-state index contributed by atoms with van der Waals surface area (Å²) in [4.78, 5) is 56.4. The second kappa shape index (κ2) is 13.9. The normalized spacial score (nSPS) is 15.7. The van der Waals surface area contributed by atoms with Crippen molar-refractivity contribution < 1.29 is 19.2 Å². The molecule has 2 aliphatic heterocycles. The Labute approximate surface area is 247 Å². The first-order chi connectivity index (χ1) is 20.5. The number of para-hydroxylation sites is 2. The van der Waals surface area contributed by atoms with Crippen molar-refractivity contribution in [2.24, 2.45) is 0 Å². The highest BCUT2D eigenvalue weighted by Gasteiger charge is 2.22. The summed E-state index contributed by atoms with van der Waals surface area (Å²) in [5, 5.41) is 5.75. The van der Waals surface area contributed by atoms with Crippen molar-refractivity contribution in [1.82, 2.24) is 9.80 Å². The van der Waals surface area contributed by atoms with E-state index < -0.39 is 0 Å². The Balaban J connectivity index is 1.25. The van der Waals surface area contributed by atoms with E-state index in [4.69, 9.17) is 0 Å². The summed E-state index contributed by atoms with van der Waals surface area (Å²) in [6, 6.07) is 20.4. The van der Waals surface area contributed by atoms with Crippen LogP contribution in [0.4, 0.5) is 11.4 Å². The van der Waals surface area contributed by atoms with Gasteiger partial charge >= 0.3 is 0 Å². The van der Waals surface area contributed by atoms with Gasteiger partial charge in [-0.3, -0.25) is 19.2 Å². The van der Waals surface area contributed by atoms with E-state index in [-0.39, 0.29) is 23.6 Å². The Hall–Kier alpha value is -4.46. The zero-order valence-electron chi connectivity index (χ0n) is 23.9. The van der Waals surface area contributed by atoms with Crippen LogP contribution in [-0.2, 0) is 0 Å². The molecular formula is C34H38N4O4. The van der Waals surface area contributed by atoms with Crippen LogP contribution in [0.3, 0.4) is 0 Å². The van der Waals surface area contributed by atoms with Crippen molar-refractivity contribution >= 4 is 35.0 Å². The van der Waals surface area contributed by atoms with Gasteiger partial charge in [0, 0.05) is 37.3 Å². The fraction of sp³-hybridized carbons (Fsp3) is 0.353. The Kier molecular flexibility index (Phi) is 9.64. The second-order valence-electron chi connectivity index (χ2n) is 11.0. The van der Waals surface area contributed by atoms with Crippen LogP contribution in [0, 0.1) is 0 Å². The number of rotatable bonds is 6. The molecule has 4 amide bonds. The molecule has 0 radical (unpaired) electrons. The molecule has 8 heteroatoms. The molecule has 2 aliphatic rings. The molecule has 0 unspecified atom stereocenters. The van der Waals surface area contributed by atoms with Gasteiger partial charge in [0.25, 0.3) is 23.6 Å². The van der Waals surface area contributed by atoms with Gasteiger partial charge in [-0.2, -0.15) is 0 Å². The third kappa shape index (κ3) is 7.05. The Bertz CT molecular complexity index is 1310. The molecule has 8 nitrogen and oxygen atoms in total. The van der Waals surface area contributed by atoms with Gasteiger partial charge in [0.1, 0.15) is 0 Å². The maximum absolute atomic E-state index is 13.2. The van der Waals surface area contributed by atoms with Gasteiger partial charge in [0.05, 0.1) is 22.5 Å². The van der Waals surface area contributed by atoms with Gasteiger partial charge in [-0.15, -0.1) is 0 Å². The number of benzene rings is 3. The number of likely N-dealkylation sites (tertiary alicyclic amines) is 2. The van der Waals surface area contributed by atoms with Gasteiger partial charge in [-0.05, 0) is 74.2 Å². The van der Waals surface area contributed by atoms with Gasteiger partial charge in [0.2, 0.25) is 0 Å². The summed E-state index contributed by atoms with van der Waals surface area (Å²) < 4.78 is 0. The van der Waals surface area contributed by atoms with E-state index in [0.29, 0.717) is 33.6 Å². The molecule has 0 bridgehead atoms. The van der Waals surface area contributed by atoms with Crippen LogP contribution in [0.2, 0.25) is 0 Å². The molecule has 3 aromatic rings. The highest BCUT2D eigenvalue weighted by atomic mass is 16.2. The standard InChI is InChI=1S/C34H38N4O4/c39-31(35-29-15-7-5-13-27(29)33(41)37-21-9-1-2-10-22-37)25-17-19-26(20-18-25)32(40)36-30-16-8-6-14-28(30)34(42)38-23-11-3-4-12-24-38/h5-8,13-20H,1-4,9-12,21-24H2,(H,35,39)(H,36,40). The highest BCUT2D eigenvalue weighted by Crippen LogP contribution is 2.23. The SMILES string of the molecule is O=C(Nc1ccccc1C(=O)N1CCCCCC1)c1ccc(C(=O)Nc2ccccc2C(=O)N2CCCCCC2)cc1. The number of nitrogens with one attached hydrogen (secondary N) is 2. The van der Waals surface area contributed by atoms with Crippen LogP contribution >= 0.6 is 0 Å². The molecular weight excluding hydrogens is 528 g/mol. The largest absolute Gasteiger partial charge is 0.339 e. The summed E-state index contributed by atoms with van der Waals surface area (Å²) in [7, 11) is 0. The third-order valence-electron chi connectivity index (χ3n) is 8.01. The van der Waals surface area contributed by atoms with Gasteiger partial charge in [0.15, 0.2) is 0 Å². The van der Waals surface area contributed by atoms with E-state index in [2.05, 4.69) is 10.6 Å². The smallest absolute Gasteiger partial charge is 0.255 e. The monoisotopic (exact) mass is 566 g/mol. The lowest BCUT2D eigenvalue weighted by atomic mass is 10.1. The first-order valence-electron chi connectivity index (χ1n) is 15.0. The number of anilines is 2. The average Bonchev–Trinajstić information content (AvgIpc) is 3.47. The van der Waals surface area contributed by atoms with E-state index >= 15 is 0 Å². The number of amides is 4. The van der Waals surface area contributed by atoms with Crippen molar-refractivity contribution in [3.63, 3.8) is 0 Å². The van der Waals surface area contributed by atoms with Crippen LogP contribution in [0.5, 0.6) is 0 Å². The zero-order valence-corrected chi connectivity index (χ0v) is 23.9. The number of carbonyl (C=O) groups is 4. The average molecular weight is 567 g/mol. The third-order valence-corrected chi connectivity index (χ3v) is 8.01. The minimum atomic E-state index is -0.369. The molecule has 5 rings (SSSR count). The molecule has 42 heavy (non-hydrogen) atoms. The van der Waals surface area contributed by atoms with Gasteiger partial charge < -0.3 is 20.4 Å². The summed E-state index contributed by atoms with van der Waals surface area (Å²) in [5.41, 5.74) is 2.59. The highest BCUT2D eigenvalue weighted by molar-refractivity contribution is 6.11. The predicted molar refractivity (Wildman–Crippen MR) is 164 cm³/mol. The summed E-state index contributed by atoms with van der Waals surface area (Å²) in [6.07, 6.45) is 8.44. The zero-order chi connectivity index (χ0) is 29.3. The van der Waals surface area contributed by atoms with Crippen LogP contribution < -0.4 is 10.6 Å². The molecule has 2 N–H and O–H groups in total. The molecule has 218 valence electrons. The van der Waals surface area contributed by atoms with Crippen molar-refractivity contribution in [2.75, 3.05) is 36.8 Å². The lowest BCUT2D eigenvalue weighted by Crippen LogP contribution is -2.32. The molecule has 2 fully saturated rings. The van der Waals surface area contributed by atoms with Crippen LogP contribution in [0.15, 0.2) is 72.8 Å². The first-order valence-corrected chi connectivity index (χ1v) is 15.0. The minimum absolute atomic E-state index is 0.0746. The fourth-order valence-corrected chi connectivity index (χ4v) is 5.61. The van der Waals surface area contributed by atoms with E-state index in [1.165, 1.54) is 0 Å². The lowest BCUT2D eigenvalue weighted by Gasteiger charge is -2.22. The number of hydrogen-bond acceptors (Lipinski definition) is 4. The van der Waals surface area contributed by atoms with Crippen molar-refractivity contribution in [3.05, 3.63) is 95.1 Å². The molecule has 0 saturated carbocycles. The predicted octanol–water partition coefficient (Wildman–Crippen LogP) is 6.22. The molecule has 0 atom stereocenters. The first kappa shape index (κ1) is 29.0. The summed E-state index contributed by atoms with van der Waals surface area (Å²) in [6.45, 7) is 2.89. The van der Waals surface area contributed by atoms with Crippen molar-refractivity contribution in [3.8, 4) is 0 Å². The van der Waals surface area contributed by atoms with Crippen molar-refractivity contribution in [2.45, 2.75) is 51.4 Å². The molecule has 2 heterocycles. The molecule has 3 aromatic carbocycles. The van der Waals surface area contributed by atoms with E-state index in [0.717, 1.165) is 77.5 Å². The lowest BCUT2D eigenvalue weighted by molar-refractivity contribution is 0.0754. The minimum Gasteiger partial charge on any atom is -0.339 e. The quantitative estimate of drug-likeness (QED) is 0.370. The van der Waals surface area contributed by atoms with E-state index in [1.54, 1.807) is 72.8 Å².